The summed E-state index contributed by atoms with van der Waals surface area (Å²) < 4.78 is 16.8. The number of carbonyl (C=O) groups is 3. The molecule has 0 aromatic heterocycles. The average Bonchev–Trinajstić information content (AvgIpc) is 3.45. The second-order valence-corrected chi connectivity index (χ2v) is 20.2. The van der Waals surface area contributed by atoms with E-state index in [1.807, 2.05) is 0 Å². The van der Waals surface area contributed by atoms with Crippen molar-refractivity contribution in [3.63, 3.8) is 0 Å². The zero-order chi connectivity index (χ0) is 57.1. The number of unbranched alkanes of at least 4 members (excludes halogenated alkanes) is 16. The highest BCUT2D eigenvalue weighted by Crippen LogP contribution is 2.13. The van der Waals surface area contributed by atoms with Crippen molar-refractivity contribution in [2.75, 3.05) is 13.2 Å². The molecule has 0 bridgehead atoms. The molecule has 0 radical (unpaired) electrons. The Labute approximate surface area is 485 Å². The number of esters is 3. The summed E-state index contributed by atoms with van der Waals surface area (Å²) in [5, 5.41) is 0. The maximum Gasteiger partial charge on any atom is 0.306 e. The lowest BCUT2D eigenvalue weighted by atomic mass is 10.1. The molecule has 0 aromatic carbocycles. The third-order valence-electron chi connectivity index (χ3n) is 12.7. The Balaban J connectivity index is 4.55. The first kappa shape index (κ1) is 73.8. The van der Waals surface area contributed by atoms with E-state index in [9.17, 15) is 14.4 Å². The Morgan fingerprint density at radius 3 is 0.848 bits per heavy atom. The molecule has 0 aliphatic heterocycles. The quantitative estimate of drug-likeness (QED) is 0.0261. The fourth-order valence-electron chi connectivity index (χ4n) is 8.02. The molecule has 6 heteroatoms. The molecule has 0 heterocycles. The summed E-state index contributed by atoms with van der Waals surface area (Å²) in [5.74, 6) is -1.04. The van der Waals surface area contributed by atoms with E-state index in [0.717, 1.165) is 122 Å². The molecule has 0 N–H and O–H groups in total. The average molecular weight is 1090 g/mol. The zero-order valence-corrected chi connectivity index (χ0v) is 50.6. The SMILES string of the molecule is CC/C=C\C/C=C\C/C=C\C/C=C\C/C=C\C/C=C\C/C=C\C/C=C\CCCCC(=O)OCC(COC(=O)CCCCCCCCC/C=C\CCCCCCCC)OC(=O)CCC/C=C\C/C=C\C/C=C\C/C=C\C/C=C\CC. The van der Waals surface area contributed by atoms with E-state index in [1.165, 1.54) is 77.0 Å². The van der Waals surface area contributed by atoms with Crippen LogP contribution in [0, 0.1) is 0 Å². The van der Waals surface area contributed by atoms with Gasteiger partial charge in [0.1, 0.15) is 13.2 Å². The molecule has 0 saturated heterocycles. The van der Waals surface area contributed by atoms with Crippen molar-refractivity contribution in [3.05, 3.63) is 170 Å². The third-order valence-corrected chi connectivity index (χ3v) is 12.7. The second kappa shape index (κ2) is 65.3. The van der Waals surface area contributed by atoms with Gasteiger partial charge in [0.25, 0.3) is 0 Å². The summed E-state index contributed by atoms with van der Waals surface area (Å²) in [6.45, 7) is 6.31. The summed E-state index contributed by atoms with van der Waals surface area (Å²) in [6.07, 6.45) is 96.5. The maximum atomic E-state index is 12.9. The molecule has 442 valence electrons. The van der Waals surface area contributed by atoms with Gasteiger partial charge in [-0.2, -0.15) is 0 Å². The summed E-state index contributed by atoms with van der Waals surface area (Å²) >= 11 is 0. The van der Waals surface area contributed by atoms with Crippen molar-refractivity contribution in [2.24, 2.45) is 0 Å². The minimum Gasteiger partial charge on any atom is -0.462 e. The molecule has 0 aliphatic carbocycles. The van der Waals surface area contributed by atoms with Crippen molar-refractivity contribution < 1.29 is 28.6 Å². The van der Waals surface area contributed by atoms with E-state index in [0.29, 0.717) is 19.3 Å². The van der Waals surface area contributed by atoms with Crippen LogP contribution in [-0.2, 0) is 28.6 Å². The standard InChI is InChI=1S/C73H114O6/c1-4-7-10-13-16-19-22-25-28-31-32-33-34-35-36-37-38-39-40-43-45-48-51-54-57-60-63-66-72(75)78-69-70(79-73(76)67-64-61-58-55-52-49-46-42-30-27-24-21-18-15-12-9-6-3)68-77-71(74)65-62-59-56-53-50-47-44-41-29-26-23-20-17-14-11-8-5-2/h7,9-10,12,16,18-19,21,25-30,32-33,35-36,38-39,43,45-46,49,51,54-55,58,70H,4-6,8,11,13-15,17,20,22-24,31,34,37,40-42,44,47-48,50,52-53,56-57,59-69H2,1-3H3/b10-7-,12-9-,19-16-,21-18-,28-25-,29-26-,30-27-,33-32-,36-35-,39-38-,45-43-,49-46-,54-51-,58-55-. The Morgan fingerprint density at radius 1 is 0.266 bits per heavy atom. The maximum absolute atomic E-state index is 12.9. The zero-order valence-electron chi connectivity index (χ0n) is 50.6. The molecule has 6 nitrogen and oxygen atoms in total. The van der Waals surface area contributed by atoms with Crippen molar-refractivity contribution in [2.45, 2.75) is 258 Å². The van der Waals surface area contributed by atoms with Crippen LogP contribution in [0.2, 0.25) is 0 Å². The lowest BCUT2D eigenvalue weighted by Crippen LogP contribution is -2.30. The van der Waals surface area contributed by atoms with Crippen LogP contribution in [0.1, 0.15) is 252 Å². The van der Waals surface area contributed by atoms with Gasteiger partial charge in [0.05, 0.1) is 0 Å². The molecule has 79 heavy (non-hydrogen) atoms. The Hall–Kier alpha value is -5.23. The van der Waals surface area contributed by atoms with E-state index >= 15 is 0 Å². The number of hydrogen-bond acceptors (Lipinski definition) is 6. The summed E-state index contributed by atoms with van der Waals surface area (Å²) in [7, 11) is 0. The fourth-order valence-corrected chi connectivity index (χ4v) is 8.02. The summed E-state index contributed by atoms with van der Waals surface area (Å²) in [5.41, 5.74) is 0. The highest BCUT2D eigenvalue weighted by molar-refractivity contribution is 5.71. The Bertz CT molecular complexity index is 1820. The first-order chi connectivity index (χ1) is 39.0. The smallest absolute Gasteiger partial charge is 0.306 e. The van der Waals surface area contributed by atoms with Crippen LogP contribution in [0.3, 0.4) is 0 Å². The second-order valence-electron chi connectivity index (χ2n) is 20.2. The number of ether oxygens (including phenoxy) is 3. The number of rotatable bonds is 55. The van der Waals surface area contributed by atoms with Gasteiger partial charge < -0.3 is 14.2 Å². The van der Waals surface area contributed by atoms with Crippen LogP contribution in [0.4, 0.5) is 0 Å². The van der Waals surface area contributed by atoms with E-state index in [-0.39, 0.29) is 44.0 Å². The first-order valence-electron chi connectivity index (χ1n) is 31.6. The predicted molar refractivity (Wildman–Crippen MR) is 343 cm³/mol. The molecule has 0 fully saturated rings. The number of allylic oxidation sites excluding steroid dienone is 28. The molecule has 0 aliphatic rings. The van der Waals surface area contributed by atoms with Gasteiger partial charge in [-0.3, -0.25) is 14.4 Å². The van der Waals surface area contributed by atoms with Gasteiger partial charge in [0, 0.05) is 19.3 Å². The lowest BCUT2D eigenvalue weighted by Gasteiger charge is -2.18. The van der Waals surface area contributed by atoms with Crippen LogP contribution < -0.4 is 0 Å². The Kier molecular flexibility index (Phi) is 61.0. The molecular formula is C73H114O6. The molecular weight excluding hydrogens is 973 g/mol. The van der Waals surface area contributed by atoms with E-state index in [1.54, 1.807) is 0 Å². The van der Waals surface area contributed by atoms with Gasteiger partial charge in [-0.15, -0.1) is 0 Å². The monoisotopic (exact) mass is 1090 g/mol. The molecule has 0 saturated carbocycles. The van der Waals surface area contributed by atoms with Crippen LogP contribution in [-0.4, -0.2) is 37.2 Å². The van der Waals surface area contributed by atoms with Gasteiger partial charge in [-0.1, -0.05) is 255 Å². The van der Waals surface area contributed by atoms with Gasteiger partial charge in [0.2, 0.25) is 0 Å². The van der Waals surface area contributed by atoms with Gasteiger partial charge in [0.15, 0.2) is 6.10 Å². The van der Waals surface area contributed by atoms with E-state index in [4.69, 9.17) is 14.2 Å². The van der Waals surface area contributed by atoms with Gasteiger partial charge >= 0.3 is 17.9 Å². The van der Waals surface area contributed by atoms with Crippen LogP contribution in [0.5, 0.6) is 0 Å². The van der Waals surface area contributed by atoms with Crippen molar-refractivity contribution in [1.29, 1.82) is 0 Å². The summed E-state index contributed by atoms with van der Waals surface area (Å²) in [4.78, 5) is 38.3. The number of hydrogen-bond donors (Lipinski definition) is 0. The molecule has 0 rings (SSSR count). The molecule has 0 spiro atoms. The number of carbonyl (C=O) groups excluding carboxylic acids is 3. The van der Waals surface area contributed by atoms with Crippen LogP contribution in [0.25, 0.3) is 0 Å². The fraction of sp³-hybridized carbons (Fsp3) is 0.575. The normalized spacial score (nSPS) is 13.3. The van der Waals surface area contributed by atoms with Gasteiger partial charge in [-0.05, 0) is 148 Å². The lowest BCUT2D eigenvalue weighted by molar-refractivity contribution is -0.167. The summed E-state index contributed by atoms with van der Waals surface area (Å²) in [6, 6.07) is 0. The molecule has 0 amide bonds. The third kappa shape index (κ3) is 63.5. The van der Waals surface area contributed by atoms with E-state index in [2.05, 4.69) is 191 Å². The van der Waals surface area contributed by atoms with E-state index < -0.39 is 6.10 Å². The molecule has 1 unspecified atom stereocenters. The predicted octanol–water partition coefficient (Wildman–Crippen LogP) is 21.9. The molecule has 1 atom stereocenters. The first-order valence-corrected chi connectivity index (χ1v) is 31.6. The largest absolute Gasteiger partial charge is 0.462 e. The highest BCUT2D eigenvalue weighted by atomic mass is 16.6. The highest BCUT2D eigenvalue weighted by Gasteiger charge is 2.19. The Morgan fingerprint density at radius 2 is 0.506 bits per heavy atom. The van der Waals surface area contributed by atoms with Crippen LogP contribution in [0.15, 0.2) is 170 Å². The minimum atomic E-state index is -0.838. The topological polar surface area (TPSA) is 78.9 Å². The van der Waals surface area contributed by atoms with Crippen molar-refractivity contribution in [1.82, 2.24) is 0 Å². The van der Waals surface area contributed by atoms with Crippen LogP contribution >= 0.6 is 0 Å². The van der Waals surface area contributed by atoms with Crippen molar-refractivity contribution in [3.8, 4) is 0 Å². The minimum absolute atomic E-state index is 0.124. The van der Waals surface area contributed by atoms with Gasteiger partial charge in [-0.25, -0.2) is 0 Å². The molecule has 0 aromatic rings. The van der Waals surface area contributed by atoms with Crippen molar-refractivity contribution >= 4 is 17.9 Å².